The van der Waals surface area contributed by atoms with Gasteiger partial charge >= 0.3 is 0 Å². The molecule has 1 aliphatic heterocycles. The number of fused-ring (bicyclic) bond motifs is 1. The predicted octanol–water partition coefficient (Wildman–Crippen LogP) is 3.74. The van der Waals surface area contributed by atoms with Crippen LogP contribution in [0.1, 0.15) is 57.4 Å². The Morgan fingerprint density at radius 2 is 2.10 bits per heavy atom. The smallest absolute Gasteiger partial charge is 0.220 e. The van der Waals surface area contributed by atoms with E-state index in [9.17, 15) is 10.1 Å². The van der Waals surface area contributed by atoms with E-state index in [1.54, 1.807) is 6.20 Å². The number of benzene rings is 1. The maximum atomic E-state index is 13.0. The molecular weight excluding hydrogens is 386 g/mol. The standard InChI is InChI=1S/C25H33N5O/c1-18-12-20(29-23(31)13-25(17-27)9-3-2-4-10-25)16-30(15-18)22-8-7-19(14-26)24-21(22)6-5-11-28-24/h5-8,11,18,20H,2-4,9-10,12-13,15-17,27H2,1H3,(H,29,31)/t18-,20+/m0/s1. The lowest BCUT2D eigenvalue weighted by atomic mass is 9.71. The molecule has 164 valence electrons. The molecule has 31 heavy (non-hydrogen) atoms. The molecule has 1 aliphatic carbocycles. The van der Waals surface area contributed by atoms with E-state index in [2.05, 4.69) is 28.2 Å². The van der Waals surface area contributed by atoms with Crippen LogP contribution in [0.4, 0.5) is 5.69 Å². The Hall–Kier alpha value is -2.65. The summed E-state index contributed by atoms with van der Waals surface area (Å²) in [7, 11) is 0. The first-order valence-corrected chi connectivity index (χ1v) is 11.6. The van der Waals surface area contributed by atoms with Gasteiger partial charge in [-0.25, -0.2) is 0 Å². The SMILES string of the molecule is C[C@H]1C[C@@H](NC(=O)CC2(CN)CCCCC2)CN(c2ccc(C#N)c3ncccc23)C1. The van der Waals surface area contributed by atoms with Crippen LogP contribution in [0.3, 0.4) is 0 Å². The number of nitrogens with one attached hydrogen (secondary N) is 1. The fraction of sp³-hybridized carbons (Fsp3) is 0.560. The van der Waals surface area contributed by atoms with E-state index in [1.165, 1.54) is 19.3 Å². The van der Waals surface area contributed by atoms with E-state index in [-0.39, 0.29) is 17.4 Å². The third-order valence-electron chi connectivity index (χ3n) is 7.12. The summed E-state index contributed by atoms with van der Waals surface area (Å²) < 4.78 is 0. The van der Waals surface area contributed by atoms with E-state index >= 15 is 0 Å². The number of aromatic nitrogens is 1. The molecule has 1 saturated carbocycles. The summed E-state index contributed by atoms with van der Waals surface area (Å²) in [6, 6.07) is 10.2. The Kier molecular flexibility index (Phi) is 6.43. The summed E-state index contributed by atoms with van der Waals surface area (Å²) in [4.78, 5) is 19.7. The molecule has 1 saturated heterocycles. The second kappa shape index (κ2) is 9.23. The van der Waals surface area contributed by atoms with Gasteiger partial charge in [-0.1, -0.05) is 26.2 Å². The molecule has 1 aromatic carbocycles. The van der Waals surface area contributed by atoms with Crippen molar-refractivity contribution in [3.05, 3.63) is 36.0 Å². The van der Waals surface area contributed by atoms with Gasteiger partial charge in [-0.3, -0.25) is 9.78 Å². The first-order valence-electron chi connectivity index (χ1n) is 11.6. The number of hydrogen-bond donors (Lipinski definition) is 2. The van der Waals surface area contributed by atoms with Crippen molar-refractivity contribution in [2.45, 2.75) is 57.9 Å². The summed E-state index contributed by atoms with van der Waals surface area (Å²) in [5.41, 5.74) is 8.50. The highest BCUT2D eigenvalue weighted by Crippen LogP contribution is 2.38. The minimum absolute atomic E-state index is 0.0166. The highest BCUT2D eigenvalue weighted by atomic mass is 16.1. The number of amides is 1. The number of carbonyl (C=O) groups is 1. The summed E-state index contributed by atoms with van der Waals surface area (Å²) >= 11 is 0. The molecule has 2 aliphatic rings. The van der Waals surface area contributed by atoms with Crippen molar-refractivity contribution < 1.29 is 4.79 Å². The van der Waals surface area contributed by atoms with E-state index in [4.69, 9.17) is 5.73 Å². The first-order chi connectivity index (χ1) is 15.0. The van der Waals surface area contributed by atoms with Gasteiger partial charge in [0.2, 0.25) is 5.91 Å². The minimum Gasteiger partial charge on any atom is -0.369 e. The summed E-state index contributed by atoms with van der Waals surface area (Å²) in [6.07, 6.45) is 8.99. The van der Waals surface area contributed by atoms with Gasteiger partial charge < -0.3 is 16.0 Å². The average molecular weight is 420 g/mol. The van der Waals surface area contributed by atoms with Crippen LogP contribution in [-0.4, -0.2) is 36.6 Å². The molecule has 6 nitrogen and oxygen atoms in total. The lowest BCUT2D eigenvalue weighted by molar-refractivity contribution is -0.124. The molecule has 4 rings (SSSR count). The molecule has 6 heteroatoms. The van der Waals surface area contributed by atoms with Gasteiger partial charge in [-0.2, -0.15) is 5.26 Å². The molecule has 2 aromatic rings. The number of carbonyl (C=O) groups excluding carboxylic acids is 1. The van der Waals surface area contributed by atoms with Crippen molar-refractivity contribution in [2.24, 2.45) is 17.1 Å². The van der Waals surface area contributed by atoms with Crippen LogP contribution in [0.25, 0.3) is 10.9 Å². The van der Waals surface area contributed by atoms with Gasteiger partial charge in [0.1, 0.15) is 6.07 Å². The van der Waals surface area contributed by atoms with Gasteiger partial charge in [0.25, 0.3) is 0 Å². The fourth-order valence-electron chi connectivity index (χ4n) is 5.55. The van der Waals surface area contributed by atoms with Crippen molar-refractivity contribution >= 4 is 22.5 Å². The van der Waals surface area contributed by atoms with E-state index < -0.39 is 0 Å². The number of rotatable bonds is 5. The van der Waals surface area contributed by atoms with Crippen LogP contribution in [0.5, 0.6) is 0 Å². The second-order valence-corrected chi connectivity index (χ2v) is 9.60. The normalized spacial score (nSPS) is 23.3. The summed E-state index contributed by atoms with van der Waals surface area (Å²) in [5, 5.41) is 13.7. The number of pyridine rings is 1. The van der Waals surface area contributed by atoms with E-state index in [0.717, 1.165) is 48.9 Å². The maximum absolute atomic E-state index is 13.0. The van der Waals surface area contributed by atoms with Crippen molar-refractivity contribution in [2.75, 3.05) is 24.5 Å². The monoisotopic (exact) mass is 419 g/mol. The molecule has 2 fully saturated rings. The number of anilines is 1. The summed E-state index contributed by atoms with van der Waals surface area (Å²) in [6.45, 7) is 4.52. The first kappa shape index (κ1) is 21.6. The lowest BCUT2D eigenvalue weighted by Gasteiger charge is -2.40. The van der Waals surface area contributed by atoms with Gasteiger partial charge in [0, 0.05) is 42.8 Å². The zero-order valence-corrected chi connectivity index (χ0v) is 18.4. The molecule has 1 amide bonds. The molecular formula is C25H33N5O. The highest BCUT2D eigenvalue weighted by Gasteiger charge is 2.34. The molecule has 0 radical (unpaired) electrons. The van der Waals surface area contributed by atoms with E-state index in [0.29, 0.717) is 24.4 Å². The van der Waals surface area contributed by atoms with Crippen LogP contribution in [0.2, 0.25) is 0 Å². The molecule has 0 unspecified atom stereocenters. The van der Waals surface area contributed by atoms with Gasteiger partial charge in [0.15, 0.2) is 0 Å². The van der Waals surface area contributed by atoms with Crippen molar-refractivity contribution in [1.29, 1.82) is 5.26 Å². The third-order valence-corrected chi connectivity index (χ3v) is 7.12. The Labute approximate surface area is 184 Å². The van der Waals surface area contributed by atoms with Gasteiger partial charge in [-0.15, -0.1) is 0 Å². The average Bonchev–Trinajstić information content (AvgIpc) is 2.78. The third kappa shape index (κ3) is 4.67. The molecule has 2 heterocycles. The maximum Gasteiger partial charge on any atom is 0.220 e. The Morgan fingerprint density at radius 3 is 2.84 bits per heavy atom. The second-order valence-electron chi connectivity index (χ2n) is 9.60. The van der Waals surface area contributed by atoms with E-state index in [1.807, 2.05) is 24.3 Å². The Bertz CT molecular complexity index is 976. The lowest BCUT2D eigenvalue weighted by Crippen LogP contribution is -2.51. The molecule has 0 bridgehead atoms. The zero-order valence-electron chi connectivity index (χ0n) is 18.4. The van der Waals surface area contributed by atoms with Gasteiger partial charge in [-0.05, 0) is 61.4 Å². The van der Waals surface area contributed by atoms with Crippen LogP contribution in [-0.2, 0) is 4.79 Å². The van der Waals surface area contributed by atoms with Crippen molar-refractivity contribution in [3.63, 3.8) is 0 Å². The predicted molar refractivity (Wildman–Crippen MR) is 124 cm³/mol. The zero-order chi connectivity index (χ0) is 21.8. The number of nitriles is 1. The number of nitrogens with zero attached hydrogens (tertiary/aromatic N) is 3. The molecule has 3 N–H and O–H groups in total. The summed E-state index contributed by atoms with van der Waals surface area (Å²) in [5.74, 6) is 0.595. The Balaban J connectivity index is 1.50. The molecule has 1 aromatic heterocycles. The number of piperidine rings is 1. The van der Waals surface area contributed by atoms with Crippen LogP contribution in [0.15, 0.2) is 30.5 Å². The largest absolute Gasteiger partial charge is 0.369 e. The quantitative estimate of drug-likeness (QED) is 0.770. The van der Waals surface area contributed by atoms with Crippen LogP contribution < -0.4 is 16.0 Å². The number of nitrogens with two attached hydrogens (primary N) is 1. The fourth-order valence-corrected chi connectivity index (χ4v) is 5.55. The van der Waals surface area contributed by atoms with Crippen LogP contribution in [0, 0.1) is 22.7 Å². The van der Waals surface area contributed by atoms with Gasteiger partial charge in [0.05, 0.1) is 11.1 Å². The molecule has 2 atom stereocenters. The minimum atomic E-state index is -0.0166. The van der Waals surface area contributed by atoms with Crippen LogP contribution >= 0.6 is 0 Å². The van der Waals surface area contributed by atoms with Crippen molar-refractivity contribution in [1.82, 2.24) is 10.3 Å². The molecule has 0 spiro atoms. The topological polar surface area (TPSA) is 95.0 Å². The Morgan fingerprint density at radius 1 is 1.29 bits per heavy atom. The highest BCUT2D eigenvalue weighted by molar-refractivity contribution is 5.95. The van der Waals surface area contributed by atoms with Crippen molar-refractivity contribution in [3.8, 4) is 6.07 Å². The number of hydrogen-bond acceptors (Lipinski definition) is 5.